The lowest BCUT2D eigenvalue weighted by Crippen LogP contribution is -2.49. The lowest BCUT2D eigenvalue weighted by Gasteiger charge is -2.39. The summed E-state index contributed by atoms with van der Waals surface area (Å²) in [6, 6.07) is 1.60. The van der Waals surface area contributed by atoms with Gasteiger partial charge in [0.2, 0.25) is 4.96 Å². The second-order valence-electron chi connectivity index (χ2n) is 5.61. The molecule has 3 heterocycles. The van der Waals surface area contributed by atoms with Crippen LogP contribution in [0, 0.1) is 0 Å². The molecule has 0 saturated carbocycles. The van der Waals surface area contributed by atoms with Gasteiger partial charge in [0.25, 0.3) is 5.56 Å². The highest BCUT2D eigenvalue weighted by Gasteiger charge is 2.28. The average Bonchev–Trinajstić information content (AvgIpc) is 2.91. The number of rotatable bonds is 3. The third-order valence-electron chi connectivity index (χ3n) is 4.19. The maximum absolute atomic E-state index is 11.9. The fourth-order valence-electron chi connectivity index (χ4n) is 2.57. The normalized spacial score (nSPS) is 19.5. The van der Waals surface area contributed by atoms with E-state index in [0.29, 0.717) is 4.96 Å². The van der Waals surface area contributed by atoms with Gasteiger partial charge in [-0.25, -0.2) is 4.98 Å². The summed E-state index contributed by atoms with van der Waals surface area (Å²) in [5.74, 6) is 0. The Kier molecular flexibility index (Phi) is 3.57. The van der Waals surface area contributed by atoms with Crippen molar-refractivity contribution in [1.82, 2.24) is 24.8 Å². The maximum atomic E-state index is 11.9. The van der Waals surface area contributed by atoms with Gasteiger partial charge in [-0.15, -0.1) is 0 Å². The minimum absolute atomic E-state index is 0.0941. The highest BCUT2D eigenvalue weighted by atomic mass is 32.1. The molecular weight excluding hydrogens is 274 g/mol. The van der Waals surface area contributed by atoms with Crippen molar-refractivity contribution in [1.29, 1.82) is 0 Å². The maximum Gasteiger partial charge on any atom is 0.275 e. The highest BCUT2D eigenvalue weighted by molar-refractivity contribution is 7.14. The summed E-state index contributed by atoms with van der Waals surface area (Å²) in [6.07, 6.45) is 2.23. The Labute approximate surface area is 121 Å². The van der Waals surface area contributed by atoms with Gasteiger partial charge in [0.05, 0.1) is 5.69 Å². The summed E-state index contributed by atoms with van der Waals surface area (Å²) in [4.78, 5) is 19.4. The van der Waals surface area contributed by atoms with E-state index in [1.165, 1.54) is 15.9 Å². The first-order valence-corrected chi connectivity index (χ1v) is 7.71. The molecule has 0 spiro atoms. The first-order valence-electron chi connectivity index (χ1n) is 6.83. The molecule has 0 unspecified atom stereocenters. The van der Waals surface area contributed by atoms with Crippen LogP contribution in [0.3, 0.4) is 0 Å². The van der Waals surface area contributed by atoms with Crippen LogP contribution in [-0.2, 0) is 6.54 Å². The zero-order valence-corrected chi connectivity index (χ0v) is 12.6. The van der Waals surface area contributed by atoms with Crippen LogP contribution in [0.1, 0.15) is 25.5 Å². The molecule has 7 heteroatoms. The third kappa shape index (κ3) is 2.61. The first kappa shape index (κ1) is 13.7. The number of nitrogens with one attached hydrogen (secondary N) is 1. The first-order chi connectivity index (χ1) is 9.59. The van der Waals surface area contributed by atoms with Gasteiger partial charge in [0.1, 0.15) is 5.51 Å². The Morgan fingerprint density at radius 3 is 2.90 bits per heavy atom. The molecule has 1 saturated heterocycles. The standard InChI is InChI=1S/C13H19N5OS/c1-13(14-2)3-5-17(6-4-13)8-10-7-11(19)18-12(16-10)20-9-15-18/h7,9,14H,3-6,8H2,1-2H3. The quantitative estimate of drug-likeness (QED) is 0.904. The molecule has 1 aliphatic rings. The van der Waals surface area contributed by atoms with E-state index >= 15 is 0 Å². The van der Waals surface area contributed by atoms with Crippen molar-refractivity contribution in [3.05, 3.63) is 27.6 Å². The number of likely N-dealkylation sites (tertiary alicyclic amines) is 1. The van der Waals surface area contributed by atoms with Crippen molar-refractivity contribution in [2.24, 2.45) is 0 Å². The SMILES string of the molecule is CNC1(C)CCN(Cc2cc(=O)n3ncsc3n2)CC1. The van der Waals surface area contributed by atoms with Crippen LogP contribution in [0.5, 0.6) is 0 Å². The molecule has 1 fully saturated rings. The van der Waals surface area contributed by atoms with Crippen molar-refractivity contribution < 1.29 is 0 Å². The zero-order chi connectivity index (χ0) is 14.2. The van der Waals surface area contributed by atoms with Gasteiger partial charge in [-0.05, 0) is 26.8 Å². The van der Waals surface area contributed by atoms with Gasteiger partial charge in [-0.3, -0.25) is 9.69 Å². The van der Waals surface area contributed by atoms with Crippen molar-refractivity contribution in [3.8, 4) is 0 Å². The highest BCUT2D eigenvalue weighted by Crippen LogP contribution is 2.22. The van der Waals surface area contributed by atoms with Crippen molar-refractivity contribution >= 4 is 16.3 Å². The number of piperidine rings is 1. The Bertz CT molecular complexity index is 656. The summed E-state index contributed by atoms with van der Waals surface area (Å²) in [5.41, 5.74) is 2.63. The van der Waals surface area contributed by atoms with Crippen LogP contribution in [0.2, 0.25) is 0 Å². The molecule has 0 radical (unpaired) electrons. The average molecular weight is 293 g/mol. The Balaban J connectivity index is 1.73. The van der Waals surface area contributed by atoms with E-state index < -0.39 is 0 Å². The smallest absolute Gasteiger partial charge is 0.275 e. The number of hydrogen-bond acceptors (Lipinski definition) is 6. The minimum atomic E-state index is -0.0941. The van der Waals surface area contributed by atoms with Gasteiger partial charge in [0.15, 0.2) is 0 Å². The van der Waals surface area contributed by atoms with E-state index in [1.807, 2.05) is 7.05 Å². The number of fused-ring (bicyclic) bond motifs is 1. The molecule has 2 aromatic heterocycles. The molecule has 108 valence electrons. The summed E-state index contributed by atoms with van der Waals surface area (Å²) in [7, 11) is 2.02. The van der Waals surface area contributed by atoms with Crippen molar-refractivity contribution in [2.75, 3.05) is 20.1 Å². The number of nitrogens with zero attached hydrogens (tertiary/aromatic N) is 4. The Morgan fingerprint density at radius 1 is 1.45 bits per heavy atom. The molecule has 0 bridgehead atoms. The molecule has 0 aliphatic carbocycles. The van der Waals surface area contributed by atoms with Crippen LogP contribution in [-0.4, -0.2) is 45.2 Å². The number of hydrogen-bond donors (Lipinski definition) is 1. The summed E-state index contributed by atoms with van der Waals surface area (Å²) >= 11 is 1.39. The predicted octanol–water partition coefficient (Wildman–Crippen LogP) is 0.725. The summed E-state index contributed by atoms with van der Waals surface area (Å²) in [5, 5.41) is 7.37. The second kappa shape index (κ2) is 5.23. The minimum Gasteiger partial charge on any atom is -0.314 e. The van der Waals surface area contributed by atoms with Crippen LogP contribution < -0.4 is 10.9 Å². The second-order valence-corrected chi connectivity index (χ2v) is 6.42. The summed E-state index contributed by atoms with van der Waals surface area (Å²) in [6.45, 7) is 5.06. The third-order valence-corrected chi connectivity index (χ3v) is 4.86. The molecular formula is C13H19N5OS. The molecule has 3 rings (SSSR count). The van der Waals surface area contributed by atoms with Gasteiger partial charge in [-0.1, -0.05) is 11.3 Å². The van der Waals surface area contributed by atoms with E-state index in [2.05, 4.69) is 27.2 Å². The fourth-order valence-corrected chi connectivity index (χ4v) is 3.21. The summed E-state index contributed by atoms with van der Waals surface area (Å²) < 4.78 is 1.35. The van der Waals surface area contributed by atoms with E-state index in [0.717, 1.165) is 38.2 Å². The topological polar surface area (TPSA) is 62.5 Å². The molecule has 20 heavy (non-hydrogen) atoms. The van der Waals surface area contributed by atoms with Crippen LogP contribution in [0.15, 0.2) is 16.4 Å². The van der Waals surface area contributed by atoms with Crippen LogP contribution >= 0.6 is 11.3 Å². The van der Waals surface area contributed by atoms with Crippen LogP contribution in [0.25, 0.3) is 4.96 Å². The monoisotopic (exact) mass is 293 g/mol. The molecule has 1 N–H and O–H groups in total. The van der Waals surface area contributed by atoms with Gasteiger partial charge >= 0.3 is 0 Å². The van der Waals surface area contributed by atoms with E-state index in [4.69, 9.17) is 0 Å². The Morgan fingerprint density at radius 2 is 2.20 bits per heavy atom. The van der Waals surface area contributed by atoms with Gasteiger partial charge in [-0.2, -0.15) is 9.61 Å². The van der Waals surface area contributed by atoms with Crippen LogP contribution in [0.4, 0.5) is 0 Å². The molecule has 0 amide bonds. The largest absolute Gasteiger partial charge is 0.314 e. The lowest BCUT2D eigenvalue weighted by atomic mass is 9.90. The lowest BCUT2D eigenvalue weighted by molar-refractivity contribution is 0.145. The fraction of sp³-hybridized carbons (Fsp3) is 0.615. The Hall–Kier alpha value is -1.31. The van der Waals surface area contributed by atoms with Gasteiger partial charge in [0, 0.05) is 31.2 Å². The zero-order valence-electron chi connectivity index (χ0n) is 11.8. The molecule has 2 aromatic rings. The van der Waals surface area contributed by atoms with E-state index in [1.54, 1.807) is 11.6 Å². The molecule has 0 aromatic carbocycles. The molecule has 6 nitrogen and oxygen atoms in total. The molecule has 1 aliphatic heterocycles. The van der Waals surface area contributed by atoms with E-state index in [-0.39, 0.29) is 11.1 Å². The number of aromatic nitrogens is 3. The van der Waals surface area contributed by atoms with Crippen molar-refractivity contribution in [2.45, 2.75) is 31.8 Å². The molecule has 0 atom stereocenters. The van der Waals surface area contributed by atoms with Gasteiger partial charge < -0.3 is 5.32 Å². The van der Waals surface area contributed by atoms with Crippen molar-refractivity contribution in [3.63, 3.8) is 0 Å². The predicted molar refractivity (Wildman–Crippen MR) is 79.1 cm³/mol. The van der Waals surface area contributed by atoms with E-state index in [9.17, 15) is 4.79 Å².